The van der Waals surface area contributed by atoms with Crippen molar-refractivity contribution >= 4 is 29.0 Å². The molecule has 0 aliphatic carbocycles. The maximum atomic E-state index is 13.0. The van der Waals surface area contributed by atoms with Gasteiger partial charge in [0, 0.05) is 31.2 Å². The number of piperidine rings is 1. The molecule has 4 rings (SSSR count). The van der Waals surface area contributed by atoms with Crippen molar-refractivity contribution < 1.29 is 18.7 Å². The van der Waals surface area contributed by atoms with Crippen LogP contribution in [0.4, 0.5) is 14.9 Å². The zero-order valence-corrected chi connectivity index (χ0v) is 18.9. The first kappa shape index (κ1) is 22.7. The second-order valence-electron chi connectivity index (χ2n) is 7.70. The summed E-state index contributed by atoms with van der Waals surface area (Å²) in [5.74, 6) is 0.0943. The van der Waals surface area contributed by atoms with Crippen molar-refractivity contribution in [1.82, 2.24) is 20.4 Å². The van der Waals surface area contributed by atoms with Gasteiger partial charge in [0.25, 0.3) is 5.91 Å². The average molecular weight is 470 g/mol. The molecule has 2 N–H and O–H groups in total. The van der Waals surface area contributed by atoms with E-state index < -0.39 is 0 Å². The van der Waals surface area contributed by atoms with Crippen LogP contribution in [0.2, 0.25) is 0 Å². The summed E-state index contributed by atoms with van der Waals surface area (Å²) >= 11 is 1.25. The lowest BCUT2D eigenvalue weighted by molar-refractivity contribution is 0.102. The van der Waals surface area contributed by atoms with Gasteiger partial charge >= 0.3 is 6.03 Å². The number of hydrogen-bond donors (Lipinski definition) is 2. The van der Waals surface area contributed by atoms with Gasteiger partial charge in [-0.3, -0.25) is 4.79 Å². The summed E-state index contributed by atoms with van der Waals surface area (Å²) in [7, 11) is 1.58. The van der Waals surface area contributed by atoms with E-state index >= 15 is 0 Å². The van der Waals surface area contributed by atoms with E-state index in [9.17, 15) is 14.0 Å². The third-order valence-corrected chi connectivity index (χ3v) is 6.48. The SMILES string of the molecule is COc1ccc(NC(=O)c2nnc([C@@H]3CCCN(C(=O)NCc4ccc(F)cc4)C3)s2)cc1. The topological polar surface area (TPSA) is 96.4 Å². The standard InChI is InChI=1S/C23H24FN5O3S/c1-32-19-10-8-18(9-11-19)26-20(30)22-28-27-21(33-22)16-3-2-12-29(14-16)23(31)25-13-15-4-6-17(24)7-5-15/h4-11,16H,2-3,12-14H2,1H3,(H,25,31)(H,26,30)/t16-/m1/s1. The molecule has 1 fully saturated rings. The summed E-state index contributed by atoms with van der Waals surface area (Å²) in [5.41, 5.74) is 1.47. The van der Waals surface area contributed by atoms with Gasteiger partial charge in [-0.15, -0.1) is 10.2 Å². The number of nitrogens with one attached hydrogen (secondary N) is 2. The van der Waals surface area contributed by atoms with E-state index in [0.29, 0.717) is 31.1 Å². The molecule has 0 spiro atoms. The molecule has 2 heterocycles. The highest BCUT2D eigenvalue weighted by Gasteiger charge is 2.28. The largest absolute Gasteiger partial charge is 0.497 e. The molecule has 0 saturated carbocycles. The first-order chi connectivity index (χ1) is 16.0. The minimum atomic E-state index is -0.325. The van der Waals surface area contributed by atoms with Gasteiger partial charge in [-0.1, -0.05) is 23.5 Å². The number of anilines is 1. The molecular weight excluding hydrogens is 445 g/mol. The molecule has 33 heavy (non-hydrogen) atoms. The van der Waals surface area contributed by atoms with E-state index in [1.807, 2.05) is 0 Å². The highest BCUT2D eigenvalue weighted by atomic mass is 32.1. The Morgan fingerprint density at radius 2 is 1.91 bits per heavy atom. The Hall–Kier alpha value is -3.53. The molecule has 1 atom stereocenters. The maximum absolute atomic E-state index is 13.0. The number of amides is 3. The molecule has 0 bridgehead atoms. The highest BCUT2D eigenvalue weighted by Crippen LogP contribution is 2.29. The van der Waals surface area contributed by atoms with Crippen molar-refractivity contribution in [3.8, 4) is 5.75 Å². The number of urea groups is 1. The van der Waals surface area contributed by atoms with Gasteiger partial charge in [-0.05, 0) is 54.8 Å². The van der Waals surface area contributed by atoms with E-state index in [0.717, 1.165) is 23.4 Å². The van der Waals surface area contributed by atoms with Crippen molar-refractivity contribution in [3.63, 3.8) is 0 Å². The Bertz CT molecular complexity index is 1100. The molecule has 1 aliphatic heterocycles. The molecule has 8 nitrogen and oxygen atoms in total. The first-order valence-electron chi connectivity index (χ1n) is 10.6. The van der Waals surface area contributed by atoms with Crippen LogP contribution in [-0.2, 0) is 6.54 Å². The van der Waals surface area contributed by atoms with Crippen LogP contribution in [0.5, 0.6) is 5.75 Å². The van der Waals surface area contributed by atoms with Crippen molar-refractivity contribution in [2.24, 2.45) is 0 Å². The molecular formula is C23H24FN5O3S. The van der Waals surface area contributed by atoms with Crippen molar-refractivity contribution in [1.29, 1.82) is 0 Å². The van der Waals surface area contributed by atoms with Gasteiger partial charge in [-0.2, -0.15) is 0 Å². The number of ether oxygens (including phenoxy) is 1. The van der Waals surface area contributed by atoms with Gasteiger partial charge in [-0.25, -0.2) is 9.18 Å². The molecule has 0 unspecified atom stereocenters. The van der Waals surface area contributed by atoms with Crippen LogP contribution in [0, 0.1) is 5.82 Å². The number of hydrogen-bond acceptors (Lipinski definition) is 6. The number of nitrogens with zero attached hydrogens (tertiary/aromatic N) is 3. The van der Waals surface area contributed by atoms with E-state index in [-0.39, 0.29) is 28.7 Å². The second kappa shape index (κ2) is 10.4. The van der Waals surface area contributed by atoms with E-state index in [1.165, 1.54) is 23.5 Å². The van der Waals surface area contributed by atoms with Gasteiger partial charge in [0.05, 0.1) is 7.11 Å². The zero-order valence-electron chi connectivity index (χ0n) is 18.1. The minimum Gasteiger partial charge on any atom is -0.497 e. The number of benzene rings is 2. The number of carbonyl (C=O) groups excluding carboxylic acids is 2. The lowest BCUT2D eigenvalue weighted by atomic mass is 9.99. The molecule has 172 valence electrons. The lowest BCUT2D eigenvalue weighted by Gasteiger charge is -2.31. The predicted molar refractivity (Wildman–Crippen MR) is 123 cm³/mol. The van der Waals surface area contributed by atoms with E-state index in [1.54, 1.807) is 48.4 Å². The molecule has 1 saturated heterocycles. The number of methoxy groups -OCH3 is 1. The monoisotopic (exact) mass is 469 g/mol. The van der Waals surface area contributed by atoms with Crippen LogP contribution in [0.15, 0.2) is 48.5 Å². The summed E-state index contributed by atoms with van der Waals surface area (Å²) < 4.78 is 18.2. The predicted octanol–water partition coefficient (Wildman–Crippen LogP) is 4.03. The molecule has 2 aromatic carbocycles. The van der Waals surface area contributed by atoms with Crippen molar-refractivity contribution in [3.05, 3.63) is 69.9 Å². The van der Waals surface area contributed by atoms with Crippen molar-refractivity contribution in [2.45, 2.75) is 25.3 Å². The summed E-state index contributed by atoms with van der Waals surface area (Å²) in [6.07, 6.45) is 1.71. The van der Waals surface area contributed by atoms with Crippen LogP contribution >= 0.6 is 11.3 Å². The summed E-state index contributed by atoms with van der Waals surface area (Å²) in [6.45, 7) is 1.48. The Labute approximate surface area is 194 Å². The Kier molecular flexibility index (Phi) is 7.13. The molecule has 0 radical (unpaired) electrons. The quantitative estimate of drug-likeness (QED) is 0.568. The maximum Gasteiger partial charge on any atom is 0.317 e. The van der Waals surface area contributed by atoms with Crippen LogP contribution in [-0.4, -0.2) is 47.2 Å². The summed E-state index contributed by atoms with van der Waals surface area (Å²) in [5, 5.41) is 15.0. The fourth-order valence-corrected chi connectivity index (χ4v) is 4.47. The van der Waals surface area contributed by atoms with Crippen LogP contribution in [0.25, 0.3) is 0 Å². The van der Waals surface area contributed by atoms with Gasteiger partial charge in [0.1, 0.15) is 16.6 Å². The van der Waals surface area contributed by atoms with E-state index in [2.05, 4.69) is 20.8 Å². The first-order valence-corrected chi connectivity index (χ1v) is 11.4. The molecule has 1 aromatic heterocycles. The Balaban J connectivity index is 1.32. The fourth-order valence-electron chi connectivity index (χ4n) is 3.61. The minimum absolute atomic E-state index is 0.0235. The molecule has 3 amide bonds. The van der Waals surface area contributed by atoms with Crippen LogP contribution in [0.3, 0.4) is 0 Å². The highest BCUT2D eigenvalue weighted by molar-refractivity contribution is 7.13. The Morgan fingerprint density at radius 3 is 2.64 bits per heavy atom. The zero-order chi connectivity index (χ0) is 23.2. The number of halogens is 1. The number of aromatic nitrogens is 2. The smallest absolute Gasteiger partial charge is 0.317 e. The average Bonchev–Trinajstić information content (AvgIpc) is 3.35. The number of likely N-dealkylation sites (tertiary alicyclic amines) is 1. The van der Waals surface area contributed by atoms with Crippen LogP contribution in [0.1, 0.15) is 39.1 Å². The lowest BCUT2D eigenvalue weighted by Crippen LogP contribution is -2.44. The third-order valence-electron chi connectivity index (χ3n) is 5.40. The summed E-state index contributed by atoms with van der Waals surface area (Å²) in [6, 6.07) is 12.9. The van der Waals surface area contributed by atoms with Gasteiger partial charge in [0.2, 0.25) is 5.01 Å². The third kappa shape index (κ3) is 5.83. The number of rotatable bonds is 6. The van der Waals surface area contributed by atoms with Gasteiger partial charge in [0.15, 0.2) is 0 Å². The fraction of sp³-hybridized carbons (Fsp3) is 0.304. The molecule has 3 aromatic rings. The summed E-state index contributed by atoms with van der Waals surface area (Å²) in [4.78, 5) is 26.9. The van der Waals surface area contributed by atoms with Crippen LogP contribution < -0.4 is 15.4 Å². The normalized spacial score (nSPS) is 15.7. The van der Waals surface area contributed by atoms with Gasteiger partial charge < -0.3 is 20.3 Å². The number of carbonyl (C=O) groups is 2. The van der Waals surface area contributed by atoms with E-state index in [4.69, 9.17) is 4.74 Å². The second-order valence-corrected chi connectivity index (χ2v) is 8.71. The van der Waals surface area contributed by atoms with Crippen molar-refractivity contribution in [2.75, 3.05) is 25.5 Å². The molecule has 1 aliphatic rings. The Morgan fingerprint density at radius 1 is 1.15 bits per heavy atom. The molecule has 10 heteroatoms.